The Morgan fingerprint density at radius 2 is 2.04 bits per heavy atom. The minimum atomic E-state index is -4.63. The number of rotatable bonds is 2. The molecule has 0 spiro atoms. The highest BCUT2D eigenvalue weighted by atomic mass is 19.4. The fourth-order valence-corrected chi connectivity index (χ4v) is 2.55. The zero-order valence-electron chi connectivity index (χ0n) is 12.2. The van der Waals surface area contributed by atoms with Crippen molar-refractivity contribution >= 4 is 11.7 Å². The van der Waals surface area contributed by atoms with Crippen molar-refractivity contribution in [2.45, 2.75) is 25.1 Å². The van der Waals surface area contributed by atoms with E-state index in [-0.39, 0.29) is 25.9 Å². The quantitative estimate of drug-likeness (QED) is 0.877. The number of anilines is 1. The molecule has 23 heavy (non-hydrogen) atoms. The van der Waals surface area contributed by atoms with Crippen LogP contribution in [0, 0.1) is 17.2 Å². The van der Waals surface area contributed by atoms with Crippen molar-refractivity contribution < 1.29 is 23.1 Å². The van der Waals surface area contributed by atoms with E-state index in [2.05, 4.69) is 5.32 Å². The van der Waals surface area contributed by atoms with Crippen LogP contribution in [0.3, 0.4) is 0 Å². The average Bonchev–Trinajstić information content (AvgIpc) is 2.53. The third kappa shape index (κ3) is 4.36. The Labute approximate surface area is 131 Å². The third-order valence-corrected chi connectivity index (χ3v) is 3.85. The van der Waals surface area contributed by atoms with Crippen LogP contribution in [0.5, 0.6) is 0 Å². The Hall–Kier alpha value is -2.27. The second-order valence-corrected chi connectivity index (χ2v) is 5.43. The summed E-state index contributed by atoms with van der Waals surface area (Å²) >= 11 is 0. The van der Waals surface area contributed by atoms with Crippen LogP contribution in [0.4, 0.5) is 23.7 Å². The topological polar surface area (TPSA) is 76.4 Å². The predicted octanol–water partition coefficient (Wildman–Crippen LogP) is 2.73. The largest absolute Gasteiger partial charge is 0.414 e. The number of nitrogens with zero attached hydrogens (tertiary/aromatic N) is 2. The van der Waals surface area contributed by atoms with Crippen molar-refractivity contribution in [3.05, 3.63) is 29.8 Å². The van der Waals surface area contributed by atoms with Gasteiger partial charge in [0.15, 0.2) is 6.10 Å². The summed E-state index contributed by atoms with van der Waals surface area (Å²) in [5, 5.41) is 20.7. The number of aliphatic hydroxyl groups is 1. The second kappa shape index (κ2) is 6.87. The SMILES string of the molecule is N#Cc1cccc(NC(=O)N2CCC(C(O)C(F)(F)F)CC2)c1. The molecule has 124 valence electrons. The second-order valence-electron chi connectivity index (χ2n) is 5.43. The highest BCUT2D eigenvalue weighted by molar-refractivity contribution is 5.89. The number of urea groups is 1. The van der Waals surface area contributed by atoms with Crippen LogP contribution in [-0.4, -0.2) is 41.4 Å². The standard InChI is InChI=1S/C15H16F3N3O2/c16-15(17,18)13(22)11-4-6-21(7-5-11)14(23)20-12-3-1-2-10(8-12)9-19/h1-3,8,11,13,22H,4-7H2,(H,20,23). The zero-order chi connectivity index (χ0) is 17.0. The number of nitriles is 1. The summed E-state index contributed by atoms with van der Waals surface area (Å²) in [4.78, 5) is 13.5. The number of alkyl halides is 3. The number of aliphatic hydroxyl groups excluding tert-OH is 1. The van der Waals surface area contributed by atoms with Gasteiger partial charge in [-0.05, 0) is 37.0 Å². The Bertz CT molecular complexity index is 605. The minimum absolute atomic E-state index is 0.0896. The summed E-state index contributed by atoms with van der Waals surface area (Å²) in [6.07, 6.45) is -6.80. The van der Waals surface area contributed by atoms with Gasteiger partial charge in [0.2, 0.25) is 0 Å². The summed E-state index contributed by atoms with van der Waals surface area (Å²) in [5.41, 5.74) is 0.848. The maximum absolute atomic E-state index is 12.5. The molecule has 1 aliphatic rings. The molecular weight excluding hydrogens is 311 g/mol. The molecule has 2 amide bonds. The summed E-state index contributed by atoms with van der Waals surface area (Å²) in [6, 6.07) is 7.88. The molecule has 1 unspecified atom stereocenters. The molecule has 1 heterocycles. The highest BCUT2D eigenvalue weighted by Gasteiger charge is 2.44. The zero-order valence-corrected chi connectivity index (χ0v) is 12.2. The summed E-state index contributed by atoms with van der Waals surface area (Å²) in [6.45, 7) is 0.281. The van der Waals surface area contributed by atoms with Gasteiger partial charge in [-0.15, -0.1) is 0 Å². The van der Waals surface area contributed by atoms with Gasteiger partial charge in [-0.25, -0.2) is 4.79 Å². The van der Waals surface area contributed by atoms with Gasteiger partial charge in [0, 0.05) is 18.8 Å². The number of hydrogen-bond donors (Lipinski definition) is 2. The van der Waals surface area contributed by atoms with E-state index in [0.717, 1.165) is 0 Å². The molecule has 1 aliphatic heterocycles. The Morgan fingerprint density at radius 1 is 1.39 bits per heavy atom. The number of hydrogen-bond acceptors (Lipinski definition) is 3. The first-order chi connectivity index (χ1) is 10.8. The van der Waals surface area contributed by atoms with Crippen molar-refractivity contribution in [2.75, 3.05) is 18.4 Å². The Kier molecular flexibility index (Phi) is 5.11. The van der Waals surface area contributed by atoms with Crippen molar-refractivity contribution in [1.29, 1.82) is 5.26 Å². The lowest BCUT2D eigenvalue weighted by molar-refractivity contribution is -0.222. The molecule has 1 aromatic rings. The van der Waals surface area contributed by atoms with Crippen LogP contribution in [0.1, 0.15) is 18.4 Å². The molecule has 1 fully saturated rings. The van der Waals surface area contributed by atoms with E-state index in [1.807, 2.05) is 6.07 Å². The third-order valence-electron chi connectivity index (χ3n) is 3.85. The number of carbonyl (C=O) groups excluding carboxylic acids is 1. The lowest BCUT2D eigenvalue weighted by Gasteiger charge is -2.34. The van der Waals surface area contributed by atoms with Crippen LogP contribution in [0.25, 0.3) is 0 Å². The Balaban J connectivity index is 1.90. The minimum Gasteiger partial charge on any atom is -0.383 e. The maximum atomic E-state index is 12.5. The van der Waals surface area contributed by atoms with Crippen molar-refractivity contribution in [3.63, 3.8) is 0 Å². The number of halogens is 3. The van der Waals surface area contributed by atoms with Gasteiger partial charge in [0.25, 0.3) is 0 Å². The fourth-order valence-electron chi connectivity index (χ4n) is 2.55. The van der Waals surface area contributed by atoms with Gasteiger partial charge in [0.1, 0.15) is 0 Å². The average molecular weight is 327 g/mol. The van der Waals surface area contributed by atoms with Crippen LogP contribution in [0.2, 0.25) is 0 Å². The Morgan fingerprint density at radius 3 is 2.61 bits per heavy atom. The van der Waals surface area contributed by atoms with Crippen LogP contribution >= 0.6 is 0 Å². The molecule has 5 nitrogen and oxygen atoms in total. The number of carbonyl (C=O) groups is 1. The monoisotopic (exact) mass is 327 g/mol. The van der Waals surface area contributed by atoms with Gasteiger partial charge in [-0.3, -0.25) is 0 Å². The number of benzene rings is 1. The molecule has 0 aromatic heterocycles. The van der Waals surface area contributed by atoms with Crippen molar-refractivity contribution in [2.24, 2.45) is 5.92 Å². The number of nitrogens with one attached hydrogen (secondary N) is 1. The van der Waals surface area contributed by atoms with E-state index < -0.39 is 24.2 Å². The molecule has 2 rings (SSSR count). The molecule has 0 bridgehead atoms. The molecule has 0 saturated carbocycles. The van der Waals surface area contributed by atoms with Crippen LogP contribution in [0.15, 0.2) is 24.3 Å². The summed E-state index contributed by atoms with van der Waals surface area (Å²) in [7, 11) is 0. The lowest BCUT2D eigenvalue weighted by atomic mass is 9.91. The van der Waals surface area contributed by atoms with Crippen molar-refractivity contribution in [3.8, 4) is 6.07 Å². The van der Waals surface area contributed by atoms with Crippen molar-refractivity contribution in [1.82, 2.24) is 4.90 Å². The number of amides is 2. The summed E-state index contributed by atoms with van der Waals surface area (Å²) in [5.74, 6) is -0.888. The molecule has 8 heteroatoms. The first kappa shape index (κ1) is 17.1. The number of piperidine rings is 1. The predicted molar refractivity (Wildman–Crippen MR) is 76.5 cm³/mol. The van der Waals surface area contributed by atoms with E-state index >= 15 is 0 Å². The first-order valence-electron chi connectivity index (χ1n) is 7.12. The lowest BCUT2D eigenvalue weighted by Crippen LogP contribution is -2.46. The van der Waals surface area contributed by atoms with E-state index in [0.29, 0.717) is 11.3 Å². The van der Waals surface area contributed by atoms with Gasteiger partial charge in [0.05, 0.1) is 11.6 Å². The van der Waals surface area contributed by atoms with Crippen LogP contribution in [-0.2, 0) is 0 Å². The molecule has 1 atom stereocenters. The highest BCUT2D eigenvalue weighted by Crippen LogP contribution is 2.31. The molecule has 1 aromatic carbocycles. The van der Waals surface area contributed by atoms with Gasteiger partial charge < -0.3 is 15.3 Å². The summed E-state index contributed by atoms with van der Waals surface area (Å²) < 4.78 is 37.4. The molecule has 1 saturated heterocycles. The fraction of sp³-hybridized carbons (Fsp3) is 0.467. The van der Waals surface area contributed by atoms with E-state index in [9.17, 15) is 23.1 Å². The smallest absolute Gasteiger partial charge is 0.383 e. The van der Waals surface area contributed by atoms with E-state index in [4.69, 9.17) is 5.26 Å². The normalized spacial score (nSPS) is 17.4. The molecule has 2 N–H and O–H groups in total. The molecule has 0 radical (unpaired) electrons. The number of likely N-dealkylation sites (tertiary alicyclic amines) is 1. The van der Waals surface area contributed by atoms with Gasteiger partial charge in [-0.2, -0.15) is 18.4 Å². The molecular formula is C15H16F3N3O2. The van der Waals surface area contributed by atoms with Gasteiger partial charge in [-0.1, -0.05) is 6.07 Å². The maximum Gasteiger partial charge on any atom is 0.414 e. The van der Waals surface area contributed by atoms with E-state index in [1.165, 1.54) is 11.0 Å². The van der Waals surface area contributed by atoms with Gasteiger partial charge >= 0.3 is 12.2 Å². The van der Waals surface area contributed by atoms with Crippen LogP contribution < -0.4 is 5.32 Å². The molecule has 0 aliphatic carbocycles. The van der Waals surface area contributed by atoms with E-state index in [1.54, 1.807) is 18.2 Å². The first-order valence-corrected chi connectivity index (χ1v) is 7.12.